The van der Waals surface area contributed by atoms with E-state index in [0.717, 1.165) is 6.54 Å². The average molecular weight is 682 g/mol. The number of carbonyl (C=O) groups is 4. The van der Waals surface area contributed by atoms with E-state index in [1.807, 2.05) is 19.0 Å². The quantitative estimate of drug-likeness (QED) is 0.118. The zero-order valence-electron chi connectivity index (χ0n) is 19.7. The molecule has 2 atom stereocenters. The number of nitrogens with one attached hydrogen (secondary N) is 2. The Labute approximate surface area is 241 Å². The van der Waals surface area contributed by atoms with Gasteiger partial charge in [-0.25, -0.2) is 14.5 Å². The van der Waals surface area contributed by atoms with Gasteiger partial charge in [-0.05, 0) is 30.1 Å². The summed E-state index contributed by atoms with van der Waals surface area (Å²) < 4.78 is 1.66. The molecule has 0 aromatic carbocycles. The summed E-state index contributed by atoms with van der Waals surface area (Å²) in [7, 11) is 3.89. The van der Waals surface area contributed by atoms with Crippen molar-refractivity contribution in [3.8, 4) is 0 Å². The first-order valence-electron chi connectivity index (χ1n) is 10.7. The fourth-order valence-corrected chi connectivity index (χ4v) is 6.63. The summed E-state index contributed by atoms with van der Waals surface area (Å²) in [5, 5.41) is 28.7. The number of thiazole rings is 1. The van der Waals surface area contributed by atoms with Crippen LogP contribution in [0.4, 0.5) is 5.13 Å². The van der Waals surface area contributed by atoms with Crippen molar-refractivity contribution >= 4 is 88.2 Å². The highest BCUT2D eigenvalue weighted by Crippen LogP contribution is 2.41. The number of fused-ring (bicyclic) bond motifs is 1. The minimum Gasteiger partial charge on any atom is -0.477 e. The molecule has 2 aliphatic rings. The zero-order chi connectivity index (χ0) is 25.8. The second kappa shape index (κ2) is 13.0. The van der Waals surface area contributed by atoms with Crippen molar-refractivity contribution in [2.45, 2.75) is 29.5 Å². The van der Waals surface area contributed by atoms with Crippen LogP contribution < -0.4 is 10.6 Å². The molecule has 18 heteroatoms. The lowest BCUT2D eigenvalue weighted by atomic mass is 10.0. The molecule has 0 spiro atoms. The molecule has 2 aromatic heterocycles. The molecule has 0 radical (unpaired) electrons. The molecular weight excluding hydrogens is 657 g/mol. The van der Waals surface area contributed by atoms with E-state index >= 15 is 0 Å². The van der Waals surface area contributed by atoms with Crippen LogP contribution in [0.3, 0.4) is 0 Å². The molecule has 0 unspecified atom stereocenters. The van der Waals surface area contributed by atoms with Crippen molar-refractivity contribution in [1.82, 2.24) is 40.3 Å². The van der Waals surface area contributed by atoms with Crippen molar-refractivity contribution in [3.63, 3.8) is 0 Å². The second-order valence-electron chi connectivity index (χ2n) is 8.07. The maximum atomic E-state index is 12.9. The van der Waals surface area contributed by atoms with Gasteiger partial charge in [0, 0.05) is 23.4 Å². The standard InChI is InChI=1S/C19H23N9O5S3.HI/c1-26(2)3-4-27-19(23-24-25-27)36-7-10-6-34-16-13(15(31)28(16)14(10)17(32)33)22-12(30)5-11-8-35-18(21-11)20-9-29;/h8-9,13,16H,3-7H2,1-2H3,(H,22,30)(H,32,33)(H,20,21,29);1H/t13-,16-;/m1./s1. The van der Waals surface area contributed by atoms with Gasteiger partial charge in [0.25, 0.3) is 5.91 Å². The van der Waals surface area contributed by atoms with Crippen molar-refractivity contribution in [3.05, 3.63) is 22.3 Å². The predicted molar refractivity (Wildman–Crippen MR) is 148 cm³/mol. The third-order valence-electron chi connectivity index (χ3n) is 5.28. The van der Waals surface area contributed by atoms with E-state index in [4.69, 9.17) is 0 Å². The van der Waals surface area contributed by atoms with Crippen LogP contribution >= 0.6 is 58.8 Å². The molecule has 3 N–H and O–H groups in total. The van der Waals surface area contributed by atoms with Crippen molar-refractivity contribution in [2.75, 3.05) is 37.5 Å². The van der Waals surface area contributed by atoms with E-state index in [1.54, 1.807) is 10.1 Å². The zero-order valence-corrected chi connectivity index (χ0v) is 24.5. The number of carbonyl (C=O) groups excluding carboxylic acids is 3. The first-order valence-corrected chi connectivity index (χ1v) is 13.6. The monoisotopic (exact) mass is 681 g/mol. The highest BCUT2D eigenvalue weighted by atomic mass is 127. The van der Waals surface area contributed by atoms with Crippen LogP contribution in [0.25, 0.3) is 0 Å². The Hall–Kier alpha value is -2.29. The third-order valence-corrected chi connectivity index (χ3v) is 8.48. The summed E-state index contributed by atoms with van der Waals surface area (Å²) in [5.74, 6) is -1.38. The number of likely N-dealkylation sites (N-methyl/N-ethyl adjacent to an activating group) is 1. The van der Waals surface area contributed by atoms with E-state index in [2.05, 4.69) is 31.1 Å². The summed E-state index contributed by atoms with van der Waals surface area (Å²) in [5.41, 5.74) is 0.991. The Bertz CT molecular complexity index is 1200. The van der Waals surface area contributed by atoms with Crippen LogP contribution in [0, 0.1) is 0 Å². The summed E-state index contributed by atoms with van der Waals surface area (Å²) >= 11 is 3.89. The first-order chi connectivity index (χ1) is 17.3. The minimum atomic E-state index is -1.20. The molecule has 1 saturated heterocycles. The van der Waals surface area contributed by atoms with Gasteiger partial charge in [0.2, 0.25) is 17.5 Å². The molecule has 0 bridgehead atoms. The van der Waals surface area contributed by atoms with Gasteiger partial charge in [0.15, 0.2) is 5.13 Å². The molecule has 2 aromatic rings. The lowest BCUT2D eigenvalue weighted by Crippen LogP contribution is -2.70. The Morgan fingerprint density at radius 3 is 2.86 bits per heavy atom. The van der Waals surface area contributed by atoms with Crippen LogP contribution in [-0.2, 0) is 32.1 Å². The van der Waals surface area contributed by atoms with E-state index < -0.39 is 29.2 Å². The third kappa shape index (κ3) is 6.78. The topological polar surface area (TPSA) is 176 Å². The smallest absolute Gasteiger partial charge is 0.352 e. The second-order valence-corrected chi connectivity index (χ2v) is 11.0. The van der Waals surface area contributed by atoms with Crippen LogP contribution in [-0.4, -0.2) is 108 Å². The molecule has 0 aliphatic carbocycles. The molecule has 37 heavy (non-hydrogen) atoms. The van der Waals surface area contributed by atoms with E-state index in [0.29, 0.717) is 46.0 Å². The Balaban J connectivity index is 0.00000380. The number of β-lactam (4-membered cyclic amide) rings is 1. The molecule has 3 amide bonds. The van der Waals surface area contributed by atoms with Crippen LogP contribution in [0.15, 0.2) is 21.8 Å². The van der Waals surface area contributed by atoms with Gasteiger partial charge in [-0.15, -0.1) is 52.2 Å². The van der Waals surface area contributed by atoms with E-state index in [1.165, 1.54) is 39.8 Å². The number of carboxylic acids is 1. The summed E-state index contributed by atoms with van der Waals surface area (Å²) in [4.78, 5) is 55.3. The van der Waals surface area contributed by atoms with Crippen molar-refractivity contribution in [2.24, 2.45) is 0 Å². The number of rotatable bonds is 12. The van der Waals surface area contributed by atoms with E-state index in [9.17, 15) is 24.3 Å². The molecule has 4 rings (SSSR count). The summed E-state index contributed by atoms with van der Waals surface area (Å²) in [6.45, 7) is 1.33. The SMILES string of the molecule is CN(C)CCn1nnnc1SCC1=C(C(=O)O)N2C(=O)[C@@H](NC(=O)Cc3csc(NC=O)n3)[C@H]2SC1.I. The molecule has 2 aliphatic heterocycles. The number of hydrogen-bond acceptors (Lipinski definition) is 12. The van der Waals surface area contributed by atoms with Gasteiger partial charge < -0.3 is 20.6 Å². The number of hydrogen-bond donors (Lipinski definition) is 3. The van der Waals surface area contributed by atoms with Gasteiger partial charge >= 0.3 is 5.97 Å². The molecular formula is C19H24IN9O5S3. The largest absolute Gasteiger partial charge is 0.477 e. The number of anilines is 1. The van der Waals surface area contributed by atoms with Gasteiger partial charge in [0.1, 0.15) is 17.1 Å². The highest BCUT2D eigenvalue weighted by molar-refractivity contribution is 14.0. The molecule has 14 nitrogen and oxygen atoms in total. The number of carboxylic acid groups (broad SMARTS) is 1. The Kier molecular flexibility index (Phi) is 10.3. The number of thioether (sulfide) groups is 2. The molecule has 0 saturated carbocycles. The van der Waals surface area contributed by atoms with Crippen LogP contribution in [0.5, 0.6) is 0 Å². The normalized spacial score (nSPS) is 18.7. The number of halogens is 1. The number of aliphatic carboxylic acids is 1. The van der Waals surface area contributed by atoms with Crippen LogP contribution in [0.1, 0.15) is 5.69 Å². The number of nitrogens with zero attached hydrogens (tertiary/aromatic N) is 7. The van der Waals surface area contributed by atoms with Gasteiger partial charge in [-0.1, -0.05) is 11.8 Å². The maximum absolute atomic E-state index is 12.9. The number of tetrazole rings is 1. The van der Waals surface area contributed by atoms with Crippen molar-refractivity contribution in [1.29, 1.82) is 0 Å². The van der Waals surface area contributed by atoms with Crippen molar-refractivity contribution < 1.29 is 24.3 Å². The number of aromatic nitrogens is 5. The van der Waals surface area contributed by atoms with Crippen LogP contribution in [0.2, 0.25) is 0 Å². The molecule has 1 fully saturated rings. The minimum absolute atomic E-state index is 0. The van der Waals surface area contributed by atoms with Gasteiger partial charge in [0.05, 0.1) is 18.7 Å². The lowest BCUT2D eigenvalue weighted by Gasteiger charge is -2.49. The fourth-order valence-electron chi connectivity index (χ4n) is 3.57. The maximum Gasteiger partial charge on any atom is 0.352 e. The first kappa shape index (κ1) is 29.3. The lowest BCUT2D eigenvalue weighted by molar-refractivity contribution is -0.150. The average Bonchev–Trinajstić information content (AvgIpc) is 3.48. The van der Waals surface area contributed by atoms with Gasteiger partial charge in [-0.3, -0.25) is 19.3 Å². The fraction of sp³-hybridized carbons (Fsp3) is 0.474. The molecule has 4 heterocycles. The van der Waals surface area contributed by atoms with E-state index in [-0.39, 0.29) is 36.1 Å². The summed E-state index contributed by atoms with van der Waals surface area (Å²) in [6, 6.07) is -0.824. The predicted octanol–water partition coefficient (Wildman–Crippen LogP) is -0.0491. The molecule has 200 valence electrons. The number of amides is 3. The van der Waals surface area contributed by atoms with Gasteiger partial charge in [-0.2, -0.15) is 0 Å². The highest BCUT2D eigenvalue weighted by Gasteiger charge is 2.54. The Morgan fingerprint density at radius 2 is 2.16 bits per heavy atom. The summed E-state index contributed by atoms with van der Waals surface area (Å²) in [6.07, 6.45) is 0.433. The Morgan fingerprint density at radius 1 is 1.38 bits per heavy atom.